The molecule has 5 heteroatoms. The van der Waals surface area contributed by atoms with Crippen molar-refractivity contribution in [3.8, 4) is 0 Å². The first kappa shape index (κ1) is 13.5. The highest BCUT2D eigenvalue weighted by Gasteiger charge is 2.09. The van der Waals surface area contributed by atoms with Gasteiger partial charge in [-0.25, -0.2) is 0 Å². The highest BCUT2D eigenvalue weighted by Crippen LogP contribution is 1.99. The lowest BCUT2D eigenvalue weighted by Gasteiger charge is -2.29. The maximum Gasteiger partial charge on any atom is 0.0522 e. The number of aromatic nitrogens is 2. The molecule has 0 atom stereocenters. The van der Waals surface area contributed by atoms with Crippen LogP contribution in [0.15, 0.2) is 12.4 Å². The highest BCUT2D eigenvalue weighted by atomic mass is 15.2. The van der Waals surface area contributed by atoms with E-state index < -0.39 is 0 Å². The Hall–Kier alpha value is -0.910. The molecule has 0 unspecified atom stereocenters. The molecule has 2 rings (SSSR count). The van der Waals surface area contributed by atoms with Crippen LogP contribution < -0.4 is 5.32 Å². The van der Waals surface area contributed by atoms with Gasteiger partial charge in [-0.2, -0.15) is 5.10 Å². The highest BCUT2D eigenvalue weighted by molar-refractivity contribution is 5.03. The molecular weight excluding hydrogens is 226 g/mol. The van der Waals surface area contributed by atoms with Crippen molar-refractivity contribution in [1.29, 1.82) is 0 Å². The molecule has 1 aliphatic rings. The molecule has 0 spiro atoms. The van der Waals surface area contributed by atoms with Gasteiger partial charge in [-0.15, -0.1) is 0 Å². The van der Waals surface area contributed by atoms with Gasteiger partial charge in [0.1, 0.15) is 0 Å². The summed E-state index contributed by atoms with van der Waals surface area (Å²) in [7, 11) is 4.18. The number of hydrogen-bond acceptors (Lipinski definition) is 4. The van der Waals surface area contributed by atoms with Gasteiger partial charge in [-0.1, -0.05) is 0 Å². The number of rotatable bonds is 6. The first-order valence-electron chi connectivity index (χ1n) is 6.83. The molecule has 0 radical (unpaired) electrons. The van der Waals surface area contributed by atoms with E-state index in [1.165, 1.54) is 25.2 Å². The quantitative estimate of drug-likeness (QED) is 0.760. The average molecular weight is 251 g/mol. The second-order valence-electron chi connectivity index (χ2n) is 5.17. The zero-order valence-corrected chi connectivity index (χ0v) is 11.6. The molecule has 1 N–H and O–H groups in total. The summed E-state index contributed by atoms with van der Waals surface area (Å²) in [5.74, 6) is 0. The summed E-state index contributed by atoms with van der Waals surface area (Å²) >= 11 is 0. The van der Waals surface area contributed by atoms with Gasteiger partial charge >= 0.3 is 0 Å². The Morgan fingerprint density at radius 3 is 2.78 bits per heavy atom. The van der Waals surface area contributed by atoms with Crippen molar-refractivity contribution in [1.82, 2.24) is 24.9 Å². The van der Waals surface area contributed by atoms with Gasteiger partial charge < -0.3 is 10.2 Å². The van der Waals surface area contributed by atoms with Crippen LogP contribution in [0.2, 0.25) is 0 Å². The second-order valence-corrected chi connectivity index (χ2v) is 5.17. The van der Waals surface area contributed by atoms with Crippen molar-refractivity contribution in [2.24, 2.45) is 7.05 Å². The van der Waals surface area contributed by atoms with Crippen molar-refractivity contribution < 1.29 is 0 Å². The average Bonchev–Trinajstić information content (AvgIpc) is 2.81. The Labute approximate surface area is 110 Å². The van der Waals surface area contributed by atoms with E-state index in [0.29, 0.717) is 0 Å². The van der Waals surface area contributed by atoms with Crippen molar-refractivity contribution >= 4 is 0 Å². The number of nitrogens with one attached hydrogen (secondary N) is 1. The summed E-state index contributed by atoms with van der Waals surface area (Å²) in [5.41, 5.74) is 1.33. The minimum absolute atomic E-state index is 1.09. The van der Waals surface area contributed by atoms with Gasteiger partial charge in [0, 0.05) is 59.1 Å². The fourth-order valence-electron chi connectivity index (χ4n) is 2.28. The lowest BCUT2D eigenvalue weighted by molar-refractivity contribution is 0.206. The number of nitrogens with zero attached hydrogens (tertiary/aromatic N) is 4. The number of hydrogen-bond donors (Lipinski definition) is 1. The van der Waals surface area contributed by atoms with Gasteiger partial charge in [0.2, 0.25) is 0 Å². The first-order chi connectivity index (χ1) is 8.74. The molecule has 0 aromatic carbocycles. The van der Waals surface area contributed by atoms with E-state index in [0.717, 1.165) is 32.6 Å². The van der Waals surface area contributed by atoms with Crippen LogP contribution in [-0.4, -0.2) is 72.4 Å². The van der Waals surface area contributed by atoms with E-state index >= 15 is 0 Å². The molecule has 102 valence electrons. The third-order valence-electron chi connectivity index (χ3n) is 3.55. The van der Waals surface area contributed by atoms with E-state index in [4.69, 9.17) is 0 Å². The monoisotopic (exact) mass is 251 g/mol. The molecule has 5 nitrogen and oxygen atoms in total. The standard InChI is InChI=1S/C13H25N5/c1-16(6-3-13-11-15-17(2)12-13)9-10-18-7-4-14-5-8-18/h11-12,14H,3-10H2,1-2H3. The van der Waals surface area contributed by atoms with Crippen LogP contribution in [0.3, 0.4) is 0 Å². The minimum atomic E-state index is 1.09. The summed E-state index contributed by atoms with van der Waals surface area (Å²) < 4.78 is 1.87. The van der Waals surface area contributed by atoms with Crippen molar-refractivity contribution in [3.63, 3.8) is 0 Å². The van der Waals surface area contributed by atoms with Crippen LogP contribution in [0.5, 0.6) is 0 Å². The van der Waals surface area contributed by atoms with Crippen molar-refractivity contribution in [2.45, 2.75) is 6.42 Å². The van der Waals surface area contributed by atoms with Crippen LogP contribution in [0.1, 0.15) is 5.56 Å². The molecule has 1 fully saturated rings. The van der Waals surface area contributed by atoms with E-state index in [1.54, 1.807) is 0 Å². The van der Waals surface area contributed by atoms with Crippen LogP contribution in [-0.2, 0) is 13.5 Å². The predicted octanol–water partition coefficient (Wildman–Crippen LogP) is -0.200. The lowest BCUT2D eigenvalue weighted by Crippen LogP contribution is -2.46. The molecule has 2 heterocycles. The molecule has 0 amide bonds. The Morgan fingerprint density at radius 1 is 1.33 bits per heavy atom. The predicted molar refractivity (Wildman–Crippen MR) is 73.7 cm³/mol. The van der Waals surface area contributed by atoms with Gasteiger partial charge in [0.25, 0.3) is 0 Å². The van der Waals surface area contributed by atoms with E-state index in [1.807, 2.05) is 17.9 Å². The Balaban J connectivity index is 1.61. The molecular formula is C13H25N5. The van der Waals surface area contributed by atoms with Crippen LogP contribution >= 0.6 is 0 Å². The summed E-state index contributed by atoms with van der Waals surface area (Å²) in [4.78, 5) is 4.95. The zero-order chi connectivity index (χ0) is 12.8. The first-order valence-corrected chi connectivity index (χ1v) is 6.83. The fourth-order valence-corrected chi connectivity index (χ4v) is 2.28. The van der Waals surface area contributed by atoms with Gasteiger partial charge in [-0.3, -0.25) is 9.58 Å². The van der Waals surface area contributed by atoms with Crippen LogP contribution in [0.4, 0.5) is 0 Å². The molecule has 0 aliphatic carbocycles. The third kappa shape index (κ3) is 4.40. The maximum absolute atomic E-state index is 4.20. The van der Waals surface area contributed by atoms with Gasteiger partial charge in [0.15, 0.2) is 0 Å². The lowest BCUT2D eigenvalue weighted by atomic mass is 10.2. The molecule has 0 saturated carbocycles. The van der Waals surface area contributed by atoms with Gasteiger partial charge in [0.05, 0.1) is 6.20 Å². The molecule has 0 bridgehead atoms. The number of aryl methyl sites for hydroxylation is 1. The largest absolute Gasteiger partial charge is 0.314 e. The van der Waals surface area contributed by atoms with E-state index in [9.17, 15) is 0 Å². The number of likely N-dealkylation sites (N-methyl/N-ethyl adjacent to an activating group) is 1. The minimum Gasteiger partial charge on any atom is -0.314 e. The zero-order valence-electron chi connectivity index (χ0n) is 11.6. The summed E-state index contributed by atoms with van der Waals surface area (Å²) in [6.45, 7) is 8.11. The summed E-state index contributed by atoms with van der Waals surface area (Å²) in [6, 6.07) is 0. The van der Waals surface area contributed by atoms with Gasteiger partial charge in [-0.05, 0) is 19.0 Å². The fraction of sp³-hybridized carbons (Fsp3) is 0.769. The topological polar surface area (TPSA) is 36.3 Å². The molecule has 1 saturated heterocycles. The maximum atomic E-state index is 4.20. The SMILES string of the molecule is CN(CCc1cnn(C)c1)CCN1CCNCC1. The Bertz CT molecular complexity index is 343. The molecule has 1 aromatic rings. The molecule has 18 heavy (non-hydrogen) atoms. The van der Waals surface area contributed by atoms with Crippen molar-refractivity contribution in [3.05, 3.63) is 18.0 Å². The smallest absolute Gasteiger partial charge is 0.0522 e. The second kappa shape index (κ2) is 6.87. The molecule has 1 aromatic heterocycles. The van der Waals surface area contributed by atoms with Crippen LogP contribution in [0.25, 0.3) is 0 Å². The normalized spacial score (nSPS) is 17.5. The van der Waals surface area contributed by atoms with E-state index in [2.05, 4.69) is 33.5 Å². The summed E-state index contributed by atoms with van der Waals surface area (Å²) in [6.07, 6.45) is 5.15. The Kier molecular flexibility index (Phi) is 5.16. The number of piperazine rings is 1. The van der Waals surface area contributed by atoms with Crippen LogP contribution in [0, 0.1) is 0 Å². The van der Waals surface area contributed by atoms with Crippen molar-refractivity contribution in [2.75, 3.05) is 52.9 Å². The third-order valence-corrected chi connectivity index (χ3v) is 3.55. The molecule has 1 aliphatic heterocycles. The van der Waals surface area contributed by atoms with E-state index in [-0.39, 0.29) is 0 Å². The Morgan fingerprint density at radius 2 is 2.11 bits per heavy atom. The summed E-state index contributed by atoms with van der Waals surface area (Å²) in [5, 5.41) is 7.58.